The molecular formula is C23H30N6O3. The molecule has 3 aromatic rings. The first-order valence-electron chi connectivity index (χ1n) is 10.9. The third-order valence-electron chi connectivity index (χ3n) is 5.62. The first-order chi connectivity index (χ1) is 15.1. The van der Waals surface area contributed by atoms with Gasteiger partial charge in [-0.3, -0.25) is 9.55 Å². The molecule has 4 rings (SSSR count). The Bertz CT molecular complexity index is 1120. The van der Waals surface area contributed by atoms with Crippen molar-refractivity contribution in [2.75, 3.05) is 11.9 Å². The third-order valence-corrected chi connectivity index (χ3v) is 5.62. The molecule has 2 atom stereocenters. The number of carboxylic acid groups (broad SMARTS) is 1. The van der Waals surface area contributed by atoms with Crippen LogP contribution in [0.5, 0.6) is 5.75 Å². The molecule has 1 amide bonds. The lowest BCUT2D eigenvalue weighted by Gasteiger charge is -2.37. The summed E-state index contributed by atoms with van der Waals surface area (Å²) in [7, 11) is 0. The lowest BCUT2D eigenvalue weighted by atomic mass is 9.82. The number of hydrogen-bond acceptors (Lipinski definition) is 6. The van der Waals surface area contributed by atoms with E-state index >= 15 is 0 Å². The molecule has 1 aromatic carbocycles. The van der Waals surface area contributed by atoms with Gasteiger partial charge in [-0.2, -0.15) is 0 Å². The van der Waals surface area contributed by atoms with E-state index in [-0.39, 0.29) is 23.6 Å². The Hall–Kier alpha value is -3.36. The molecule has 0 radical (unpaired) electrons. The average Bonchev–Trinajstić information content (AvgIpc) is 3.31. The first-order valence-corrected chi connectivity index (χ1v) is 10.9. The maximum atomic E-state index is 11.7. The van der Waals surface area contributed by atoms with Gasteiger partial charge in [0.05, 0.1) is 41.6 Å². The van der Waals surface area contributed by atoms with E-state index in [9.17, 15) is 9.90 Å². The zero-order chi connectivity index (χ0) is 23.0. The Balaban J connectivity index is 1.63. The quantitative estimate of drug-likeness (QED) is 0.615. The van der Waals surface area contributed by atoms with Gasteiger partial charge in [0, 0.05) is 12.6 Å². The number of hydrogen-bond donors (Lipinski definition) is 2. The maximum Gasteiger partial charge on any atom is 0.407 e. The number of likely N-dealkylation sites (tertiary alicyclic amines) is 1. The molecule has 9 heteroatoms. The summed E-state index contributed by atoms with van der Waals surface area (Å²) in [5, 5.41) is 13.1. The SMILES string of the molecule is CC(C)Oc1ccc2ncn(-c3cncc(N[C@@H]4CCN(C(=O)O)C4C(C)(C)C)n3)c2c1. The van der Waals surface area contributed by atoms with Crippen LogP contribution in [0.2, 0.25) is 0 Å². The molecule has 0 spiro atoms. The summed E-state index contributed by atoms with van der Waals surface area (Å²) in [6.07, 6.45) is 4.96. The van der Waals surface area contributed by atoms with Gasteiger partial charge in [-0.15, -0.1) is 0 Å². The second kappa shape index (κ2) is 8.29. The Morgan fingerprint density at radius 3 is 2.75 bits per heavy atom. The highest BCUT2D eigenvalue weighted by atomic mass is 16.5. The number of ether oxygens (including phenoxy) is 1. The number of aromatic nitrogens is 4. The lowest BCUT2D eigenvalue weighted by molar-refractivity contribution is 0.103. The van der Waals surface area contributed by atoms with Crippen molar-refractivity contribution in [1.82, 2.24) is 24.4 Å². The Kier molecular flexibility index (Phi) is 5.66. The van der Waals surface area contributed by atoms with E-state index in [1.807, 2.05) is 36.6 Å². The summed E-state index contributed by atoms with van der Waals surface area (Å²) < 4.78 is 7.70. The van der Waals surface area contributed by atoms with Crippen molar-refractivity contribution in [3.63, 3.8) is 0 Å². The normalized spacial score (nSPS) is 19.0. The van der Waals surface area contributed by atoms with Gasteiger partial charge >= 0.3 is 6.09 Å². The van der Waals surface area contributed by atoms with E-state index in [4.69, 9.17) is 9.72 Å². The number of nitrogens with one attached hydrogen (secondary N) is 1. The summed E-state index contributed by atoms with van der Waals surface area (Å²) in [6.45, 7) is 10.6. The van der Waals surface area contributed by atoms with Crippen LogP contribution in [0.1, 0.15) is 41.0 Å². The van der Waals surface area contributed by atoms with Gasteiger partial charge in [-0.1, -0.05) is 20.8 Å². The number of benzene rings is 1. The van der Waals surface area contributed by atoms with Crippen molar-refractivity contribution in [3.8, 4) is 11.6 Å². The van der Waals surface area contributed by atoms with Gasteiger partial charge in [0.1, 0.15) is 17.9 Å². The molecule has 9 nitrogen and oxygen atoms in total. The van der Waals surface area contributed by atoms with Crippen LogP contribution < -0.4 is 10.1 Å². The molecule has 0 aliphatic carbocycles. The predicted octanol–water partition coefficient (Wildman–Crippen LogP) is 4.18. The van der Waals surface area contributed by atoms with Crippen molar-refractivity contribution in [2.24, 2.45) is 5.41 Å². The number of imidazole rings is 1. The van der Waals surface area contributed by atoms with Gasteiger partial charge in [-0.05, 0) is 37.8 Å². The molecule has 1 unspecified atom stereocenters. The van der Waals surface area contributed by atoms with Crippen LogP contribution in [-0.4, -0.2) is 60.4 Å². The predicted molar refractivity (Wildman–Crippen MR) is 122 cm³/mol. The van der Waals surface area contributed by atoms with Crippen LogP contribution >= 0.6 is 0 Å². The highest BCUT2D eigenvalue weighted by Gasteiger charge is 2.44. The molecule has 0 bridgehead atoms. The van der Waals surface area contributed by atoms with Crippen molar-refractivity contribution >= 4 is 22.9 Å². The van der Waals surface area contributed by atoms with Crippen LogP contribution in [0.15, 0.2) is 36.9 Å². The minimum atomic E-state index is -0.890. The number of fused-ring (bicyclic) bond motifs is 1. The smallest absolute Gasteiger partial charge is 0.407 e. The van der Waals surface area contributed by atoms with Crippen molar-refractivity contribution in [3.05, 3.63) is 36.9 Å². The maximum absolute atomic E-state index is 11.7. The van der Waals surface area contributed by atoms with Crippen molar-refractivity contribution in [1.29, 1.82) is 0 Å². The molecule has 170 valence electrons. The van der Waals surface area contributed by atoms with Crippen molar-refractivity contribution in [2.45, 2.75) is 59.2 Å². The molecule has 1 fully saturated rings. The van der Waals surface area contributed by atoms with Crippen LogP contribution in [0.3, 0.4) is 0 Å². The summed E-state index contributed by atoms with van der Waals surface area (Å²) in [4.78, 5) is 26.8. The second-order valence-corrected chi connectivity index (χ2v) is 9.52. The molecule has 2 N–H and O–H groups in total. The minimum Gasteiger partial charge on any atom is -0.491 e. The van der Waals surface area contributed by atoms with Crippen molar-refractivity contribution < 1.29 is 14.6 Å². The zero-order valence-electron chi connectivity index (χ0n) is 19.1. The Labute approximate surface area is 187 Å². The number of amides is 1. The third kappa shape index (κ3) is 4.32. The molecule has 1 saturated heterocycles. The van der Waals surface area contributed by atoms with Gasteiger partial charge < -0.3 is 20.1 Å². The summed E-state index contributed by atoms with van der Waals surface area (Å²) in [6, 6.07) is 5.55. The van der Waals surface area contributed by atoms with E-state index < -0.39 is 6.09 Å². The zero-order valence-corrected chi connectivity index (χ0v) is 19.1. The van der Waals surface area contributed by atoms with Gasteiger partial charge in [0.15, 0.2) is 5.82 Å². The second-order valence-electron chi connectivity index (χ2n) is 9.52. The average molecular weight is 439 g/mol. The fourth-order valence-electron chi connectivity index (χ4n) is 4.48. The van der Waals surface area contributed by atoms with Gasteiger partial charge in [-0.25, -0.2) is 14.8 Å². The van der Waals surface area contributed by atoms with Gasteiger partial charge in [0.25, 0.3) is 0 Å². The molecule has 0 saturated carbocycles. The summed E-state index contributed by atoms with van der Waals surface area (Å²) in [5.41, 5.74) is 1.49. The summed E-state index contributed by atoms with van der Waals surface area (Å²) in [5.74, 6) is 1.99. The van der Waals surface area contributed by atoms with Crippen LogP contribution in [-0.2, 0) is 0 Å². The standard InChI is InChI=1S/C23H30N6O3/c1-14(2)32-15-6-7-16-18(10-15)29(13-25-16)20-12-24-11-19(27-20)26-17-8-9-28(22(30)31)21(17)23(3,4)5/h6-7,10-14,17,21H,8-9H2,1-5H3,(H,26,27)(H,30,31)/t17-,21?/m1/s1. The molecular weight excluding hydrogens is 408 g/mol. The first kappa shape index (κ1) is 21.9. The van der Waals surface area contributed by atoms with E-state index in [2.05, 4.69) is 36.1 Å². The minimum absolute atomic E-state index is 0.0544. The fourth-order valence-corrected chi connectivity index (χ4v) is 4.48. The number of carbonyl (C=O) groups is 1. The monoisotopic (exact) mass is 438 g/mol. The molecule has 2 aromatic heterocycles. The van der Waals surface area contributed by atoms with Crippen LogP contribution in [0.4, 0.5) is 10.6 Å². The summed E-state index contributed by atoms with van der Waals surface area (Å²) >= 11 is 0. The van der Waals surface area contributed by atoms with Crippen LogP contribution in [0.25, 0.3) is 16.9 Å². The largest absolute Gasteiger partial charge is 0.491 e. The number of anilines is 1. The molecule has 3 heterocycles. The Morgan fingerprint density at radius 1 is 1.28 bits per heavy atom. The fraction of sp³-hybridized carbons (Fsp3) is 0.478. The van der Waals surface area contributed by atoms with E-state index in [1.54, 1.807) is 18.7 Å². The number of nitrogens with zero attached hydrogens (tertiary/aromatic N) is 5. The molecule has 1 aliphatic heterocycles. The van der Waals surface area contributed by atoms with E-state index in [1.165, 1.54) is 4.90 Å². The lowest BCUT2D eigenvalue weighted by Crippen LogP contribution is -2.49. The highest BCUT2D eigenvalue weighted by molar-refractivity contribution is 5.78. The number of rotatable bonds is 5. The Morgan fingerprint density at radius 2 is 2.06 bits per heavy atom. The molecule has 1 aliphatic rings. The van der Waals surface area contributed by atoms with E-state index in [0.29, 0.717) is 24.6 Å². The topological polar surface area (TPSA) is 105 Å². The highest BCUT2D eigenvalue weighted by Crippen LogP contribution is 2.34. The van der Waals surface area contributed by atoms with Crippen LogP contribution in [0, 0.1) is 5.41 Å². The van der Waals surface area contributed by atoms with E-state index in [0.717, 1.165) is 16.8 Å². The molecule has 32 heavy (non-hydrogen) atoms. The van der Waals surface area contributed by atoms with Gasteiger partial charge in [0.2, 0.25) is 0 Å².